The van der Waals surface area contributed by atoms with E-state index in [4.69, 9.17) is 0 Å². The SMILES string of the molecule is F[B]B=S.c1ccc(-c2c3ccccc3c(-c3ccc(-n4c5ccccc5c5ccccc54)cc3)c3ccccc23)cc1.c1ccc(-c2ccnc3c2ccc2c(-c4ccccc4)ccnc23)cc1.c1ccc2c(c1)-c1ccccc1C21c2ccccc2-c2ccc(-c3ccc4c(c3)C3(c5ccccc5-c5ccccc53)c3ccccc3-4)cc21. The molecule has 3 nitrogen and oxygen atoms in total. The van der Waals surface area contributed by atoms with Gasteiger partial charge in [-0.15, -0.1) is 0 Å². The van der Waals surface area contributed by atoms with E-state index in [1.807, 2.05) is 24.5 Å². The van der Waals surface area contributed by atoms with Crippen molar-refractivity contribution in [2.45, 2.75) is 10.8 Å². The number of benzene rings is 18. The summed E-state index contributed by atoms with van der Waals surface area (Å²) in [5.74, 6) is 0. The third-order valence-corrected chi connectivity index (χ3v) is 25.3. The molecule has 2 spiro atoms. The summed E-state index contributed by atoms with van der Waals surface area (Å²) >= 11 is 4.00. The third kappa shape index (κ3) is 11.1. The van der Waals surface area contributed by atoms with Gasteiger partial charge < -0.3 is 4.57 Å². The maximum Gasteiger partial charge on any atom is 0.0970 e. The molecule has 21 aromatic rings. The molecule has 119 heavy (non-hydrogen) atoms. The number of para-hydroxylation sites is 2. The molecule has 553 valence electrons. The maximum absolute atomic E-state index is 10.4. The van der Waals surface area contributed by atoms with Crippen LogP contribution in [0, 0.1) is 0 Å². The molecule has 18 aromatic carbocycles. The molecule has 4 aliphatic rings. The van der Waals surface area contributed by atoms with Crippen LogP contribution in [0.2, 0.25) is 0 Å². The standard InChI is InChI=1S/C50H30.C38H25N.C24H16N2.B2FS/c1-7-19-41-33(13-1)34-14-2-8-20-42(34)49(41)45-23-11-5-17-37(45)39-27-25-31(29-47(39)49)32-26-28-40-38-18-6-12-24-46(38)50(48(40)30-32)43-21-9-3-15-35(43)36-16-4-10-22-44(36)50;1-2-12-26(13-3-1)37-31-16-4-6-18-33(31)38(34-19-7-5-17-32(34)37)27-22-24-28(25-23-27)39-35-20-10-8-14-29(35)30-15-9-11-21-36(30)39;1-3-7-17(8-4-1)19-13-15-25-23-21(19)11-12-22-20(14-16-26-24(22)23)18-9-5-2-6-10-18;3-1-2-4/h1-30H;1-25H;1-16H;. The summed E-state index contributed by atoms with van der Waals surface area (Å²) in [5, 5.41) is 9.94. The van der Waals surface area contributed by atoms with Crippen molar-refractivity contribution in [1.29, 1.82) is 0 Å². The molecule has 0 N–H and O–H groups in total. The average Bonchev–Trinajstić information content (AvgIpc) is 1.51. The van der Waals surface area contributed by atoms with E-state index >= 15 is 0 Å². The molecule has 0 bridgehead atoms. The van der Waals surface area contributed by atoms with Crippen LogP contribution in [0.5, 0.6) is 0 Å². The van der Waals surface area contributed by atoms with Gasteiger partial charge >= 0.3 is 29.9 Å². The van der Waals surface area contributed by atoms with Crippen molar-refractivity contribution in [3.63, 3.8) is 0 Å². The Labute approximate surface area is 696 Å². The summed E-state index contributed by atoms with van der Waals surface area (Å²) in [5.41, 5.74) is 38.9. The van der Waals surface area contributed by atoms with Gasteiger partial charge in [-0.1, -0.05) is 370 Å². The maximum atomic E-state index is 10.4. The molecule has 0 unspecified atom stereocenters. The van der Waals surface area contributed by atoms with Crippen LogP contribution in [-0.4, -0.2) is 28.0 Å². The van der Waals surface area contributed by atoms with Crippen LogP contribution in [0.4, 0.5) is 4.32 Å². The molecule has 0 amide bonds. The van der Waals surface area contributed by atoms with E-state index in [9.17, 15) is 4.32 Å². The molecule has 7 heteroatoms. The predicted molar refractivity (Wildman–Crippen MR) is 499 cm³/mol. The zero-order valence-electron chi connectivity index (χ0n) is 64.8. The van der Waals surface area contributed by atoms with Crippen LogP contribution in [0.15, 0.2) is 431 Å². The average molecular weight is 1530 g/mol. The molecule has 3 heterocycles. The van der Waals surface area contributed by atoms with Crippen LogP contribution in [0.3, 0.4) is 0 Å². The number of halogens is 1. The summed E-state index contributed by atoms with van der Waals surface area (Å²) in [6, 6.07) is 154. The van der Waals surface area contributed by atoms with Crippen LogP contribution >= 0.6 is 12.1 Å². The van der Waals surface area contributed by atoms with Crippen molar-refractivity contribution in [2.24, 2.45) is 0 Å². The first-order chi connectivity index (χ1) is 59.0. The number of hydrogen-bond donors (Lipinski definition) is 0. The second-order valence-electron chi connectivity index (χ2n) is 31.0. The summed E-state index contributed by atoms with van der Waals surface area (Å²) in [6.45, 7) is 0. The fourth-order valence-electron chi connectivity index (χ4n) is 20.4. The van der Waals surface area contributed by atoms with Crippen molar-refractivity contribution >= 4 is 90.7 Å². The molecule has 0 saturated heterocycles. The number of hydrogen-bond acceptors (Lipinski definition) is 3. The van der Waals surface area contributed by atoms with Gasteiger partial charge in [-0.2, -0.15) is 0 Å². The third-order valence-electron chi connectivity index (χ3n) is 25.2. The van der Waals surface area contributed by atoms with E-state index in [2.05, 4.69) is 433 Å². The van der Waals surface area contributed by atoms with Gasteiger partial charge in [0.05, 0.1) is 32.9 Å². The fourth-order valence-corrected chi connectivity index (χ4v) is 20.4. The zero-order chi connectivity index (χ0) is 79.1. The number of nitrogens with zero attached hydrogens (tertiary/aromatic N) is 3. The van der Waals surface area contributed by atoms with E-state index in [1.165, 1.54) is 194 Å². The van der Waals surface area contributed by atoms with E-state index in [1.54, 1.807) is 0 Å². The smallest absolute Gasteiger partial charge is 0.0970 e. The van der Waals surface area contributed by atoms with Crippen LogP contribution in [0.1, 0.15) is 44.5 Å². The van der Waals surface area contributed by atoms with Crippen molar-refractivity contribution in [3.8, 4) is 106 Å². The first-order valence-electron chi connectivity index (χ1n) is 40.6. The van der Waals surface area contributed by atoms with Gasteiger partial charge in [0.15, 0.2) is 0 Å². The quantitative estimate of drug-likeness (QED) is 0.0905. The topological polar surface area (TPSA) is 30.7 Å². The van der Waals surface area contributed by atoms with Gasteiger partial charge in [-0.05, 0) is 215 Å². The summed E-state index contributed by atoms with van der Waals surface area (Å²) < 4.78 is 12.8. The van der Waals surface area contributed by atoms with Gasteiger partial charge in [0.2, 0.25) is 0 Å². The predicted octanol–water partition coefficient (Wildman–Crippen LogP) is 28.9. The Morgan fingerprint density at radius 3 is 0.832 bits per heavy atom. The van der Waals surface area contributed by atoms with Crippen molar-refractivity contribution < 1.29 is 4.32 Å². The normalized spacial score (nSPS) is 12.7. The molecule has 1 radical (unpaired) electrons. The first kappa shape index (κ1) is 71.0. The van der Waals surface area contributed by atoms with Crippen LogP contribution in [-0.2, 0) is 10.8 Å². The Hall–Kier alpha value is -14.6. The molecule has 4 aliphatic carbocycles. The Morgan fingerprint density at radius 1 is 0.227 bits per heavy atom. The second kappa shape index (κ2) is 29.3. The fraction of sp³-hybridized carbons (Fsp3) is 0.0179. The minimum atomic E-state index is -0.355. The van der Waals surface area contributed by atoms with Gasteiger partial charge in [-0.3, -0.25) is 9.97 Å². The molecule has 0 fully saturated rings. The summed E-state index contributed by atoms with van der Waals surface area (Å²) in [4.78, 5) is 9.34. The molecule has 3 aromatic heterocycles. The number of rotatable bonds is 7. The number of fused-ring (bicyclic) bond motifs is 28. The summed E-state index contributed by atoms with van der Waals surface area (Å²) in [7, 11) is 0.315. The van der Waals surface area contributed by atoms with Crippen molar-refractivity contribution in [1.82, 2.24) is 14.5 Å². The Bertz CT molecular complexity index is 7100. The Kier molecular flexibility index (Phi) is 17.5. The molecule has 0 aliphatic heterocycles. The second-order valence-corrected chi connectivity index (χ2v) is 31.3. The van der Waals surface area contributed by atoms with E-state index in [0.717, 1.165) is 27.9 Å². The molecule has 25 rings (SSSR count). The van der Waals surface area contributed by atoms with Gasteiger partial charge in [-0.25, -0.2) is 0 Å². The number of pyridine rings is 2. The van der Waals surface area contributed by atoms with Gasteiger partial charge in [0, 0.05) is 39.6 Å². The summed E-state index contributed by atoms with van der Waals surface area (Å²) in [6.07, 6.45) is 3.75. The Balaban J connectivity index is 0.000000110. The number of aromatic nitrogens is 3. The molecular formula is C112H71B2FN3S. The first-order valence-corrected chi connectivity index (χ1v) is 41.1. The Morgan fingerprint density at radius 2 is 0.496 bits per heavy atom. The zero-order valence-corrected chi connectivity index (χ0v) is 65.6. The van der Waals surface area contributed by atoms with Crippen LogP contribution < -0.4 is 0 Å². The molecular weight excluding hydrogens is 1460 g/mol. The monoisotopic (exact) mass is 1530 g/mol. The van der Waals surface area contributed by atoms with Crippen molar-refractivity contribution in [3.05, 3.63) is 475 Å². The minimum Gasteiger partial charge on any atom is -0.309 e. The van der Waals surface area contributed by atoms with Gasteiger partial charge in [0.25, 0.3) is 0 Å². The van der Waals surface area contributed by atoms with Crippen LogP contribution in [0.25, 0.3) is 171 Å². The van der Waals surface area contributed by atoms with E-state index < -0.39 is 0 Å². The van der Waals surface area contributed by atoms with E-state index in [0.29, 0.717) is 7.45 Å². The van der Waals surface area contributed by atoms with Crippen molar-refractivity contribution in [2.75, 3.05) is 0 Å². The minimum absolute atomic E-state index is 0.315. The largest absolute Gasteiger partial charge is 0.309 e. The molecule has 0 saturated carbocycles. The molecule has 0 atom stereocenters. The van der Waals surface area contributed by atoms with E-state index in [-0.39, 0.29) is 10.8 Å². The van der Waals surface area contributed by atoms with Gasteiger partial charge in [0.1, 0.15) is 0 Å².